The molecule has 122 valence electrons. The van der Waals surface area contributed by atoms with Gasteiger partial charge < -0.3 is 10.2 Å². The van der Waals surface area contributed by atoms with Crippen LogP contribution in [0.4, 0.5) is 0 Å². The first kappa shape index (κ1) is 17.3. The molecule has 0 aromatic carbocycles. The highest BCUT2D eigenvalue weighted by Crippen LogP contribution is 2.26. The molecule has 0 radical (unpaired) electrons. The molecule has 1 aromatic rings. The Labute approximate surface area is 139 Å². The van der Waals surface area contributed by atoms with E-state index in [1.807, 2.05) is 13.8 Å². The molecule has 1 atom stereocenters. The lowest BCUT2D eigenvalue weighted by atomic mass is 10.1. The van der Waals surface area contributed by atoms with Crippen LogP contribution >= 0.6 is 23.1 Å². The second-order valence-corrected chi connectivity index (χ2v) is 8.11. The molecule has 7 heteroatoms. The standard InChI is InChI=1S/C15H23N3O2S2/c1-9(2)5-6-16-14(19)12-7-21-8-18(12)15(20)13-10(3)17-11(4)22-13/h9,12H,5-8H2,1-4H3,(H,16,19)/t12-/m0/s1. The van der Waals surface area contributed by atoms with Crippen LogP contribution in [0.15, 0.2) is 0 Å². The van der Waals surface area contributed by atoms with Crippen LogP contribution in [0.25, 0.3) is 0 Å². The molecule has 0 saturated carbocycles. The molecular weight excluding hydrogens is 318 g/mol. The van der Waals surface area contributed by atoms with Gasteiger partial charge in [-0.2, -0.15) is 0 Å². The minimum absolute atomic E-state index is 0.0436. The van der Waals surface area contributed by atoms with Gasteiger partial charge in [0.25, 0.3) is 5.91 Å². The van der Waals surface area contributed by atoms with Crippen LogP contribution in [0.3, 0.4) is 0 Å². The number of hydrogen-bond acceptors (Lipinski definition) is 5. The number of thioether (sulfide) groups is 1. The molecule has 2 heterocycles. The quantitative estimate of drug-likeness (QED) is 0.893. The third-order valence-corrected chi connectivity index (χ3v) is 5.64. The van der Waals surface area contributed by atoms with Gasteiger partial charge in [0.1, 0.15) is 10.9 Å². The van der Waals surface area contributed by atoms with Crippen molar-refractivity contribution < 1.29 is 9.59 Å². The lowest BCUT2D eigenvalue weighted by Crippen LogP contribution is -2.47. The molecule has 0 bridgehead atoms. The van der Waals surface area contributed by atoms with Gasteiger partial charge in [-0.1, -0.05) is 13.8 Å². The number of aromatic nitrogens is 1. The number of amides is 2. The van der Waals surface area contributed by atoms with Crippen molar-refractivity contribution in [3.8, 4) is 0 Å². The van der Waals surface area contributed by atoms with Crippen LogP contribution in [-0.2, 0) is 4.79 Å². The molecule has 1 aliphatic heterocycles. The van der Waals surface area contributed by atoms with Gasteiger partial charge in [-0.25, -0.2) is 4.98 Å². The zero-order valence-corrected chi connectivity index (χ0v) is 15.1. The molecule has 1 fully saturated rings. The number of carbonyl (C=O) groups excluding carboxylic acids is 2. The highest BCUT2D eigenvalue weighted by molar-refractivity contribution is 7.99. The van der Waals surface area contributed by atoms with Crippen LogP contribution < -0.4 is 5.32 Å². The molecule has 1 aliphatic rings. The Morgan fingerprint density at radius 3 is 2.73 bits per heavy atom. The Morgan fingerprint density at radius 1 is 1.41 bits per heavy atom. The first-order valence-corrected chi connectivity index (χ1v) is 9.47. The monoisotopic (exact) mass is 341 g/mol. The van der Waals surface area contributed by atoms with Crippen molar-refractivity contribution in [2.75, 3.05) is 18.2 Å². The SMILES string of the molecule is Cc1nc(C)c(C(=O)N2CSC[C@H]2C(=O)NCCC(C)C)s1. The Balaban J connectivity index is 2.02. The molecule has 1 N–H and O–H groups in total. The highest BCUT2D eigenvalue weighted by Gasteiger charge is 2.36. The summed E-state index contributed by atoms with van der Waals surface area (Å²) >= 11 is 3.02. The largest absolute Gasteiger partial charge is 0.354 e. The fraction of sp³-hybridized carbons (Fsp3) is 0.667. The maximum absolute atomic E-state index is 12.7. The lowest BCUT2D eigenvalue weighted by Gasteiger charge is -2.22. The Bertz CT molecular complexity index is 557. The van der Waals surface area contributed by atoms with Crippen LogP contribution in [0.5, 0.6) is 0 Å². The summed E-state index contributed by atoms with van der Waals surface area (Å²) in [5, 5.41) is 3.83. The molecule has 1 aromatic heterocycles. The van der Waals surface area contributed by atoms with Gasteiger partial charge in [0, 0.05) is 12.3 Å². The van der Waals surface area contributed by atoms with Crippen molar-refractivity contribution >= 4 is 34.9 Å². The van der Waals surface area contributed by atoms with E-state index in [2.05, 4.69) is 24.1 Å². The summed E-state index contributed by atoms with van der Waals surface area (Å²) in [5.74, 6) is 1.67. The number of hydrogen-bond donors (Lipinski definition) is 1. The van der Waals surface area contributed by atoms with Gasteiger partial charge in [0.15, 0.2) is 0 Å². The van der Waals surface area contributed by atoms with E-state index in [0.29, 0.717) is 29.0 Å². The van der Waals surface area contributed by atoms with E-state index in [1.54, 1.807) is 16.7 Å². The summed E-state index contributed by atoms with van der Waals surface area (Å²) < 4.78 is 0. The number of nitrogens with one attached hydrogen (secondary N) is 1. The predicted molar refractivity (Wildman–Crippen MR) is 91.3 cm³/mol. The fourth-order valence-electron chi connectivity index (χ4n) is 2.32. The summed E-state index contributed by atoms with van der Waals surface area (Å²) in [5.41, 5.74) is 0.753. The molecule has 0 spiro atoms. The van der Waals surface area contributed by atoms with Gasteiger partial charge in [-0.15, -0.1) is 23.1 Å². The van der Waals surface area contributed by atoms with E-state index < -0.39 is 0 Å². The van der Waals surface area contributed by atoms with Gasteiger partial charge in [0.05, 0.1) is 16.6 Å². The molecule has 2 amide bonds. The Hall–Kier alpha value is -1.08. The number of carbonyl (C=O) groups is 2. The Kier molecular flexibility index (Phi) is 5.86. The minimum Gasteiger partial charge on any atom is -0.354 e. The molecular formula is C15H23N3O2S2. The third kappa shape index (κ3) is 4.01. The zero-order chi connectivity index (χ0) is 16.3. The van der Waals surface area contributed by atoms with Crippen molar-refractivity contribution in [3.63, 3.8) is 0 Å². The average Bonchev–Trinajstić information content (AvgIpc) is 3.04. The van der Waals surface area contributed by atoms with Gasteiger partial charge >= 0.3 is 0 Å². The van der Waals surface area contributed by atoms with Gasteiger partial charge in [0.2, 0.25) is 5.91 Å². The molecule has 0 unspecified atom stereocenters. The maximum Gasteiger partial charge on any atom is 0.267 e. The van der Waals surface area contributed by atoms with E-state index in [9.17, 15) is 9.59 Å². The van der Waals surface area contributed by atoms with Crippen LogP contribution in [0, 0.1) is 19.8 Å². The fourth-order valence-corrected chi connectivity index (χ4v) is 4.35. The molecule has 2 rings (SSSR count). The van der Waals surface area contributed by atoms with E-state index in [0.717, 1.165) is 17.1 Å². The molecule has 0 aliphatic carbocycles. The van der Waals surface area contributed by atoms with Crippen molar-refractivity contribution in [3.05, 3.63) is 15.6 Å². The minimum atomic E-state index is -0.369. The normalized spacial score (nSPS) is 18.0. The number of thiazole rings is 1. The first-order valence-electron chi connectivity index (χ1n) is 7.50. The van der Waals surface area contributed by atoms with Crippen molar-refractivity contribution in [1.29, 1.82) is 0 Å². The summed E-state index contributed by atoms with van der Waals surface area (Å²) in [6.07, 6.45) is 0.951. The molecule has 5 nitrogen and oxygen atoms in total. The average molecular weight is 342 g/mol. The van der Waals surface area contributed by atoms with Crippen LogP contribution in [0.2, 0.25) is 0 Å². The zero-order valence-electron chi connectivity index (χ0n) is 13.5. The summed E-state index contributed by atoms with van der Waals surface area (Å²) in [4.78, 5) is 31.6. The third-order valence-electron chi connectivity index (χ3n) is 3.56. The summed E-state index contributed by atoms with van der Waals surface area (Å²) in [6, 6.07) is -0.369. The highest BCUT2D eigenvalue weighted by atomic mass is 32.2. The number of aryl methyl sites for hydroxylation is 2. The first-order chi connectivity index (χ1) is 10.4. The second-order valence-electron chi connectivity index (χ2n) is 5.91. The van der Waals surface area contributed by atoms with E-state index >= 15 is 0 Å². The summed E-state index contributed by atoms with van der Waals surface area (Å²) in [6.45, 7) is 8.66. The van der Waals surface area contributed by atoms with Crippen molar-refractivity contribution in [2.45, 2.75) is 40.2 Å². The van der Waals surface area contributed by atoms with Crippen LogP contribution in [-0.4, -0.2) is 45.9 Å². The van der Waals surface area contributed by atoms with Crippen LogP contribution in [0.1, 0.15) is 40.6 Å². The smallest absolute Gasteiger partial charge is 0.267 e. The van der Waals surface area contributed by atoms with E-state index in [1.165, 1.54) is 11.3 Å². The topological polar surface area (TPSA) is 62.3 Å². The van der Waals surface area contributed by atoms with Crippen molar-refractivity contribution in [1.82, 2.24) is 15.2 Å². The molecule has 1 saturated heterocycles. The summed E-state index contributed by atoms with van der Waals surface area (Å²) in [7, 11) is 0. The van der Waals surface area contributed by atoms with Gasteiger partial charge in [-0.3, -0.25) is 9.59 Å². The van der Waals surface area contributed by atoms with Crippen molar-refractivity contribution in [2.24, 2.45) is 5.92 Å². The lowest BCUT2D eigenvalue weighted by molar-refractivity contribution is -0.124. The number of rotatable bonds is 5. The predicted octanol–water partition coefficient (Wildman–Crippen LogP) is 2.44. The number of nitrogens with zero attached hydrogens (tertiary/aromatic N) is 2. The second kappa shape index (κ2) is 7.46. The van der Waals surface area contributed by atoms with E-state index in [4.69, 9.17) is 0 Å². The van der Waals surface area contributed by atoms with Gasteiger partial charge in [-0.05, 0) is 26.2 Å². The maximum atomic E-state index is 12.7. The molecule has 22 heavy (non-hydrogen) atoms. The van der Waals surface area contributed by atoms with E-state index in [-0.39, 0.29) is 17.9 Å². The Morgan fingerprint density at radius 2 is 2.14 bits per heavy atom.